The largest absolute Gasteiger partial charge is 0.480 e. The van der Waals surface area contributed by atoms with E-state index in [0.717, 1.165) is 22.3 Å². The summed E-state index contributed by atoms with van der Waals surface area (Å²) >= 11 is 0. The minimum atomic E-state index is -1.10. The number of carboxylic acids is 1. The molecule has 4 rings (SSSR count). The van der Waals surface area contributed by atoms with Gasteiger partial charge >= 0.3 is 12.1 Å². The first-order valence-corrected chi connectivity index (χ1v) is 11.3. The summed E-state index contributed by atoms with van der Waals surface area (Å²) in [6, 6.07) is 15.3. The molecule has 1 fully saturated rings. The summed E-state index contributed by atoms with van der Waals surface area (Å²) in [4.78, 5) is 39.2. The molecule has 2 atom stereocenters. The fraction of sp³-hybridized carbons (Fsp3) is 0.400. The van der Waals surface area contributed by atoms with Crippen molar-refractivity contribution in [3.63, 3.8) is 0 Å². The number of rotatable bonds is 7. The van der Waals surface area contributed by atoms with Gasteiger partial charge in [0.05, 0.1) is 12.5 Å². The van der Waals surface area contributed by atoms with Gasteiger partial charge in [-0.2, -0.15) is 0 Å². The van der Waals surface area contributed by atoms with Crippen LogP contribution in [0.25, 0.3) is 11.1 Å². The topological polar surface area (TPSA) is 119 Å². The van der Waals surface area contributed by atoms with Gasteiger partial charge in [-0.3, -0.25) is 14.5 Å². The predicted octanol–water partition coefficient (Wildman–Crippen LogP) is 1.50. The van der Waals surface area contributed by atoms with Crippen LogP contribution in [0.4, 0.5) is 4.79 Å². The Morgan fingerprint density at radius 3 is 2.29 bits per heavy atom. The number of nitrogens with zero attached hydrogens (tertiary/aromatic N) is 2. The zero-order valence-corrected chi connectivity index (χ0v) is 19.0. The summed E-state index contributed by atoms with van der Waals surface area (Å²) < 4.78 is 5.44. The van der Waals surface area contributed by atoms with Crippen LogP contribution in [0.1, 0.15) is 23.5 Å². The normalized spacial score (nSPS) is 18.6. The number of ether oxygens (including phenoxy) is 1. The highest BCUT2D eigenvalue weighted by atomic mass is 16.5. The van der Waals surface area contributed by atoms with E-state index in [9.17, 15) is 24.6 Å². The number of hydrogen-bond donors (Lipinski definition) is 3. The molecule has 2 aromatic carbocycles. The maximum atomic E-state index is 12.5. The van der Waals surface area contributed by atoms with Gasteiger partial charge in [0, 0.05) is 32.1 Å². The summed E-state index contributed by atoms with van der Waals surface area (Å²) in [6.45, 7) is 0.922. The molecule has 0 aromatic heterocycles. The van der Waals surface area contributed by atoms with Crippen LogP contribution in [0, 0.1) is 0 Å². The summed E-state index contributed by atoms with van der Waals surface area (Å²) in [6.07, 6.45) is -1.98. The van der Waals surface area contributed by atoms with Gasteiger partial charge in [0.15, 0.2) is 0 Å². The van der Waals surface area contributed by atoms with Crippen LogP contribution in [0.3, 0.4) is 0 Å². The number of hydrogen-bond acceptors (Lipinski definition) is 6. The van der Waals surface area contributed by atoms with Gasteiger partial charge < -0.3 is 25.2 Å². The Morgan fingerprint density at radius 2 is 1.68 bits per heavy atom. The molecule has 1 aliphatic heterocycles. The van der Waals surface area contributed by atoms with Crippen molar-refractivity contribution in [2.45, 2.75) is 24.5 Å². The Hall–Kier alpha value is -3.43. The van der Waals surface area contributed by atoms with Crippen LogP contribution >= 0.6 is 0 Å². The molecule has 34 heavy (non-hydrogen) atoms. The molecule has 2 aromatic rings. The molecule has 0 saturated carbocycles. The highest BCUT2D eigenvalue weighted by molar-refractivity contribution is 5.80. The van der Waals surface area contributed by atoms with Gasteiger partial charge in [0.25, 0.3) is 0 Å². The maximum absolute atomic E-state index is 12.5. The standard InChI is InChI=1S/C25H29N3O6/c1-27-10-11-28(14-22(27)24(31)32)23(30)12-16(29)13-26-25(33)34-15-21-19-8-4-2-6-17(19)18-7-3-5-9-20(18)21/h2-9,16,21-22,29H,10-15H2,1H3,(H,26,33)(H,31,32). The van der Waals surface area contributed by atoms with Crippen molar-refractivity contribution in [2.75, 3.05) is 39.8 Å². The van der Waals surface area contributed by atoms with E-state index in [1.54, 1.807) is 11.9 Å². The molecule has 2 aliphatic rings. The van der Waals surface area contributed by atoms with Crippen molar-refractivity contribution in [3.8, 4) is 11.1 Å². The zero-order valence-electron chi connectivity index (χ0n) is 19.0. The highest BCUT2D eigenvalue weighted by Gasteiger charge is 2.33. The molecule has 0 radical (unpaired) electrons. The van der Waals surface area contributed by atoms with E-state index >= 15 is 0 Å². The molecule has 0 bridgehead atoms. The second-order valence-electron chi connectivity index (χ2n) is 8.74. The van der Waals surface area contributed by atoms with E-state index < -0.39 is 24.2 Å². The lowest BCUT2D eigenvalue weighted by atomic mass is 9.98. The lowest BCUT2D eigenvalue weighted by molar-refractivity contribution is -0.148. The minimum absolute atomic E-state index is 0.0657. The first kappa shape index (κ1) is 23.7. The third-order valence-electron chi connectivity index (χ3n) is 6.52. The van der Waals surface area contributed by atoms with Crippen LogP contribution in [-0.4, -0.2) is 90.0 Å². The average Bonchev–Trinajstić information content (AvgIpc) is 3.15. The Labute approximate surface area is 197 Å². The number of aliphatic hydroxyl groups is 1. The van der Waals surface area contributed by atoms with Gasteiger partial charge in [-0.15, -0.1) is 0 Å². The fourth-order valence-electron chi connectivity index (χ4n) is 4.62. The van der Waals surface area contributed by atoms with E-state index in [1.807, 2.05) is 36.4 Å². The number of carbonyl (C=O) groups is 3. The quantitative estimate of drug-likeness (QED) is 0.565. The van der Waals surface area contributed by atoms with E-state index in [-0.39, 0.29) is 37.9 Å². The predicted molar refractivity (Wildman–Crippen MR) is 124 cm³/mol. The van der Waals surface area contributed by atoms with Crippen molar-refractivity contribution in [1.29, 1.82) is 0 Å². The second kappa shape index (κ2) is 10.2. The molecule has 2 amide bonds. The average molecular weight is 468 g/mol. The van der Waals surface area contributed by atoms with Gasteiger partial charge in [0.2, 0.25) is 5.91 Å². The number of aliphatic hydroxyl groups excluding tert-OH is 1. The fourth-order valence-corrected chi connectivity index (χ4v) is 4.62. The molecule has 1 heterocycles. The van der Waals surface area contributed by atoms with E-state index in [2.05, 4.69) is 17.4 Å². The molecular formula is C25H29N3O6. The SMILES string of the molecule is CN1CCN(C(=O)CC(O)CNC(=O)OCC2c3ccccc3-c3ccccc32)CC1C(=O)O. The van der Waals surface area contributed by atoms with Crippen LogP contribution in [0.5, 0.6) is 0 Å². The van der Waals surface area contributed by atoms with Crippen LogP contribution in [-0.2, 0) is 14.3 Å². The monoisotopic (exact) mass is 467 g/mol. The molecule has 3 N–H and O–H groups in total. The summed E-state index contributed by atoms with van der Waals surface area (Å²) in [7, 11) is 1.70. The van der Waals surface area contributed by atoms with Gasteiger partial charge in [-0.1, -0.05) is 48.5 Å². The number of benzene rings is 2. The minimum Gasteiger partial charge on any atom is -0.480 e. The highest BCUT2D eigenvalue weighted by Crippen LogP contribution is 2.44. The lowest BCUT2D eigenvalue weighted by Gasteiger charge is -2.37. The Kier molecular flexibility index (Phi) is 7.14. The number of fused-ring (bicyclic) bond motifs is 3. The third kappa shape index (κ3) is 5.05. The molecule has 0 spiro atoms. The van der Waals surface area contributed by atoms with Crippen molar-refractivity contribution in [3.05, 3.63) is 59.7 Å². The molecule has 1 aliphatic carbocycles. The van der Waals surface area contributed by atoms with Crippen LogP contribution in [0.15, 0.2) is 48.5 Å². The summed E-state index contributed by atoms with van der Waals surface area (Å²) in [5.41, 5.74) is 4.48. The first-order chi connectivity index (χ1) is 16.3. The Balaban J connectivity index is 1.25. The van der Waals surface area contributed by atoms with Crippen molar-refractivity contribution in [1.82, 2.24) is 15.1 Å². The van der Waals surface area contributed by atoms with Crippen molar-refractivity contribution >= 4 is 18.0 Å². The molecular weight excluding hydrogens is 438 g/mol. The maximum Gasteiger partial charge on any atom is 0.407 e. The van der Waals surface area contributed by atoms with E-state index in [0.29, 0.717) is 13.1 Å². The third-order valence-corrected chi connectivity index (χ3v) is 6.52. The smallest absolute Gasteiger partial charge is 0.407 e. The number of nitrogens with one attached hydrogen (secondary N) is 1. The van der Waals surface area contributed by atoms with Crippen molar-refractivity contribution in [2.24, 2.45) is 0 Å². The molecule has 2 unspecified atom stereocenters. The lowest BCUT2D eigenvalue weighted by Crippen LogP contribution is -2.56. The molecule has 9 nitrogen and oxygen atoms in total. The number of piperazine rings is 1. The number of likely N-dealkylation sites (N-methyl/N-ethyl adjacent to an activating group) is 1. The van der Waals surface area contributed by atoms with Crippen LogP contribution in [0.2, 0.25) is 0 Å². The summed E-state index contributed by atoms with van der Waals surface area (Å²) in [5, 5.41) is 22.0. The number of amides is 2. The van der Waals surface area contributed by atoms with Gasteiger partial charge in [-0.25, -0.2) is 4.79 Å². The summed E-state index contributed by atoms with van der Waals surface area (Å²) in [5.74, 6) is -1.40. The van der Waals surface area contributed by atoms with E-state index in [1.165, 1.54) is 4.90 Å². The van der Waals surface area contributed by atoms with Crippen LogP contribution < -0.4 is 5.32 Å². The number of aliphatic carboxylic acids is 1. The number of alkyl carbamates (subject to hydrolysis) is 1. The molecule has 180 valence electrons. The molecule has 9 heteroatoms. The van der Waals surface area contributed by atoms with Gasteiger partial charge in [0.1, 0.15) is 12.6 Å². The second-order valence-corrected chi connectivity index (χ2v) is 8.74. The first-order valence-electron chi connectivity index (χ1n) is 11.3. The van der Waals surface area contributed by atoms with E-state index in [4.69, 9.17) is 4.74 Å². The Bertz CT molecular complexity index is 1030. The number of carbonyl (C=O) groups excluding carboxylic acids is 2. The van der Waals surface area contributed by atoms with Crippen molar-refractivity contribution < 1.29 is 29.3 Å². The Morgan fingerprint density at radius 1 is 1.06 bits per heavy atom. The molecule has 1 saturated heterocycles. The van der Waals surface area contributed by atoms with Gasteiger partial charge in [-0.05, 0) is 29.3 Å². The zero-order chi connectivity index (χ0) is 24.2. The number of carboxylic acid groups (broad SMARTS) is 1.